The number of nitrogens with zero attached hydrogens (tertiary/aromatic N) is 2. The van der Waals surface area contributed by atoms with Crippen molar-refractivity contribution in [1.82, 2.24) is 0 Å². The van der Waals surface area contributed by atoms with E-state index in [4.69, 9.17) is 19.2 Å². The van der Waals surface area contributed by atoms with Crippen LogP contribution in [0.3, 0.4) is 0 Å². The lowest BCUT2D eigenvalue weighted by Gasteiger charge is -2.31. The van der Waals surface area contributed by atoms with Crippen molar-refractivity contribution < 1.29 is 23.8 Å². The quantitative estimate of drug-likeness (QED) is 0.459. The van der Waals surface area contributed by atoms with Crippen LogP contribution >= 0.6 is 12.4 Å². The Kier molecular flexibility index (Phi) is 7.99. The summed E-state index contributed by atoms with van der Waals surface area (Å²) < 4.78 is 17.4. The smallest absolute Gasteiger partial charge is 0.339 e. The van der Waals surface area contributed by atoms with Gasteiger partial charge in [-0.2, -0.15) is 0 Å². The van der Waals surface area contributed by atoms with Gasteiger partial charge in [-0.25, -0.2) is 4.79 Å². The molecule has 0 spiro atoms. The molecule has 1 amide bonds. The predicted molar refractivity (Wildman–Crippen MR) is 148 cm³/mol. The molecular formula is C29H37ClN2O5. The topological polar surface area (TPSA) is 77.4 Å². The highest BCUT2D eigenvalue weighted by Crippen LogP contribution is 2.48. The fourth-order valence-electron chi connectivity index (χ4n) is 5.29. The van der Waals surface area contributed by atoms with Crippen molar-refractivity contribution >= 4 is 35.7 Å². The maximum atomic E-state index is 12.6. The average Bonchev–Trinajstić information content (AvgIpc) is 3.13. The highest BCUT2D eigenvalue weighted by atomic mass is 35.5. The van der Waals surface area contributed by atoms with Crippen LogP contribution in [0.2, 0.25) is 0 Å². The van der Waals surface area contributed by atoms with Crippen molar-refractivity contribution in [3.05, 3.63) is 52.1 Å². The van der Waals surface area contributed by atoms with Gasteiger partial charge in [0.25, 0.3) is 0 Å². The summed E-state index contributed by atoms with van der Waals surface area (Å²) in [6, 6.07) is 7.58. The van der Waals surface area contributed by atoms with Gasteiger partial charge in [0.05, 0.1) is 36.2 Å². The van der Waals surface area contributed by atoms with E-state index in [1.54, 1.807) is 11.0 Å². The number of hydrogen-bond acceptors (Lipinski definition) is 6. The summed E-state index contributed by atoms with van der Waals surface area (Å²) in [6.07, 6.45) is 1.49. The second-order valence-electron chi connectivity index (χ2n) is 10.6. The fraction of sp³-hybridized carbons (Fsp3) is 0.483. The van der Waals surface area contributed by atoms with E-state index in [0.717, 1.165) is 52.3 Å². The van der Waals surface area contributed by atoms with Crippen molar-refractivity contribution in [2.24, 2.45) is 4.99 Å². The molecule has 0 aromatic heterocycles. The van der Waals surface area contributed by atoms with Gasteiger partial charge in [-0.05, 0) is 71.7 Å². The number of ether oxygens (including phenoxy) is 3. The molecule has 8 heteroatoms. The Morgan fingerprint density at radius 1 is 1.11 bits per heavy atom. The molecule has 2 aromatic rings. The standard InChI is InChI=1S/C29H36N2O5.ClH/c1-9-31(17(3)32)22-13-18(11-12-20(22)27(33)34-8)25-24-19(15-28(4,5)30-25)14-23(35-10-2)26-21(24)16-29(6,7)36-26;/h11-14H,9-10,15-16H2,1-8H3;1H. The zero-order valence-corrected chi connectivity index (χ0v) is 23.8. The van der Waals surface area contributed by atoms with Gasteiger partial charge in [-0.3, -0.25) is 9.79 Å². The Labute approximate surface area is 225 Å². The van der Waals surface area contributed by atoms with E-state index < -0.39 is 5.97 Å². The maximum absolute atomic E-state index is 12.6. The van der Waals surface area contributed by atoms with Gasteiger partial charge in [0.1, 0.15) is 5.60 Å². The molecule has 0 aliphatic carbocycles. The largest absolute Gasteiger partial charge is 0.490 e. The summed E-state index contributed by atoms with van der Waals surface area (Å²) in [5, 5.41) is 0. The molecule has 4 rings (SSSR count). The Morgan fingerprint density at radius 3 is 2.41 bits per heavy atom. The van der Waals surface area contributed by atoms with Crippen LogP contribution < -0.4 is 14.4 Å². The summed E-state index contributed by atoms with van der Waals surface area (Å²) >= 11 is 0. The number of amides is 1. The van der Waals surface area contributed by atoms with Crippen molar-refractivity contribution in [2.45, 2.75) is 72.4 Å². The van der Waals surface area contributed by atoms with Gasteiger partial charge in [0.2, 0.25) is 5.91 Å². The predicted octanol–water partition coefficient (Wildman–Crippen LogP) is 5.55. The van der Waals surface area contributed by atoms with Crippen LogP contribution in [0.25, 0.3) is 0 Å². The number of halogens is 1. The molecule has 0 atom stereocenters. The second kappa shape index (κ2) is 10.4. The van der Waals surface area contributed by atoms with Gasteiger partial charge in [0.15, 0.2) is 11.5 Å². The van der Waals surface area contributed by atoms with Crippen molar-refractivity contribution in [1.29, 1.82) is 0 Å². The highest BCUT2D eigenvalue weighted by Gasteiger charge is 2.40. The number of methoxy groups -OCH3 is 1. The van der Waals surface area contributed by atoms with Gasteiger partial charge in [0, 0.05) is 36.6 Å². The number of rotatable bonds is 6. The Hall–Kier alpha value is -3.06. The minimum absolute atomic E-state index is 0. The molecule has 2 heterocycles. The van der Waals surface area contributed by atoms with E-state index in [2.05, 4.69) is 33.8 Å². The molecule has 7 nitrogen and oxygen atoms in total. The van der Waals surface area contributed by atoms with Crippen LogP contribution in [-0.2, 0) is 22.4 Å². The molecule has 2 aliphatic heterocycles. The molecule has 0 bridgehead atoms. The van der Waals surface area contributed by atoms with Gasteiger partial charge in [-0.1, -0.05) is 6.07 Å². The average molecular weight is 529 g/mol. The second-order valence-corrected chi connectivity index (χ2v) is 10.6. The first-order valence-electron chi connectivity index (χ1n) is 12.5. The van der Waals surface area contributed by atoms with Crippen LogP contribution in [0.5, 0.6) is 11.5 Å². The van der Waals surface area contributed by atoms with E-state index in [1.165, 1.54) is 14.0 Å². The van der Waals surface area contributed by atoms with Crippen LogP contribution in [0.1, 0.15) is 81.1 Å². The lowest BCUT2D eigenvalue weighted by atomic mass is 9.80. The summed E-state index contributed by atoms with van der Waals surface area (Å²) in [7, 11) is 1.34. The van der Waals surface area contributed by atoms with Crippen LogP contribution in [-0.4, -0.2) is 49.0 Å². The van der Waals surface area contributed by atoms with E-state index in [9.17, 15) is 9.59 Å². The molecule has 37 heavy (non-hydrogen) atoms. The van der Waals surface area contributed by atoms with Crippen LogP contribution in [0.4, 0.5) is 5.69 Å². The van der Waals surface area contributed by atoms with E-state index in [0.29, 0.717) is 24.4 Å². The molecule has 2 aliphatic rings. The van der Waals surface area contributed by atoms with Crippen molar-refractivity contribution in [3.8, 4) is 11.5 Å². The molecule has 0 saturated heterocycles. The summed E-state index contributed by atoms with van der Waals surface area (Å²) in [5.74, 6) is 0.908. The monoisotopic (exact) mass is 528 g/mol. The van der Waals surface area contributed by atoms with Crippen LogP contribution in [0.15, 0.2) is 29.3 Å². The molecule has 0 unspecified atom stereocenters. The first-order valence-corrected chi connectivity index (χ1v) is 12.5. The number of benzene rings is 2. The number of hydrogen-bond donors (Lipinski definition) is 0. The molecule has 0 radical (unpaired) electrons. The molecule has 0 fully saturated rings. The molecule has 2 aromatic carbocycles. The third-order valence-corrected chi connectivity index (χ3v) is 6.64. The van der Waals surface area contributed by atoms with E-state index >= 15 is 0 Å². The Bertz CT molecular complexity index is 1270. The summed E-state index contributed by atoms with van der Waals surface area (Å²) in [5.41, 5.74) is 5.12. The van der Waals surface area contributed by atoms with E-state index in [1.807, 2.05) is 26.0 Å². The number of fused-ring (bicyclic) bond motifs is 3. The van der Waals surface area contributed by atoms with Gasteiger partial charge in [-0.15, -0.1) is 12.4 Å². The third kappa shape index (κ3) is 5.33. The highest BCUT2D eigenvalue weighted by molar-refractivity contribution is 6.17. The lowest BCUT2D eigenvalue weighted by molar-refractivity contribution is -0.116. The zero-order valence-electron chi connectivity index (χ0n) is 23.0. The minimum atomic E-state index is -0.486. The molecule has 0 saturated carbocycles. The number of carbonyl (C=O) groups is 2. The number of aliphatic imine (C=N–C) groups is 1. The molecule has 0 N–H and O–H groups in total. The SMILES string of the molecule is CCOc1cc2c(c3c1OC(C)(C)C3)C(c1ccc(C(=O)OC)c(N(CC)C(C)=O)c1)=NC(C)(C)C2.Cl. The maximum Gasteiger partial charge on any atom is 0.339 e. The van der Waals surface area contributed by atoms with Gasteiger partial charge >= 0.3 is 5.97 Å². The third-order valence-electron chi connectivity index (χ3n) is 6.64. The molecule has 200 valence electrons. The Balaban J connectivity index is 0.00000380. The fourth-order valence-corrected chi connectivity index (χ4v) is 5.29. The van der Waals surface area contributed by atoms with Crippen molar-refractivity contribution in [2.75, 3.05) is 25.2 Å². The number of carbonyl (C=O) groups excluding carboxylic acids is 2. The minimum Gasteiger partial charge on any atom is -0.490 e. The Morgan fingerprint density at radius 2 is 1.81 bits per heavy atom. The first kappa shape index (κ1) is 28.5. The number of anilines is 1. The van der Waals surface area contributed by atoms with E-state index in [-0.39, 0.29) is 29.5 Å². The normalized spacial score (nSPS) is 16.4. The van der Waals surface area contributed by atoms with Crippen molar-refractivity contribution in [3.63, 3.8) is 0 Å². The van der Waals surface area contributed by atoms with Crippen LogP contribution in [0, 0.1) is 0 Å². The summed E-state index contributed by atoms with van der Waals surface area (Å²) in [4.78, 5) is 31.8. The zero-order chi connectivity index (χ0) is 26.4. The molecular weight excluding hydrogens is 492 g/mol. The lowest BCUT2D eigenvalue weighted by Crippen LogP contribution is -2.32. The first-order chi connectivity index (χ1) is 16.9. The summed E-state index contributed by atoms with van der Waals surface area (Å²) in [6.45, 7) is 14.7. The van der Waals surface area contributed by atoms with Gasteiger partial charge < -0.3 is 19.1 Å². The number of esters is 1.